The molecule has 2 aromatic heterocycles. The molecular weight excluding hydrogens is 322 g/mol. The van der Waals surface area contributed by atoms with Gasteiger partial charge in [0.2, 0.25) is 5.91 Å². The Morgan fingerprint density at radius 2 is 2.00 bits per heavy atom. The van der Waals surface area contributed by atoms with Crippen LogP contribution in [0.25, 0.3) is 5.65 Å². The van der Waals surface area contributed by atoms with Crippen LogP contribution in [0, 0.1) is 6.92 Å². The van der Waals surface area contributed by atoms with Gasteiger partial charge in [0.15, 0.2) is 0 Å². The van der Waals surface area contributed by atoms with E-state index >= 15 is 0 Å². The van der Waals surface area contributed by atoms with Crippen LogP contribution in [0.15, 0.2) is 29.3 Å². The average molecular weight is 343 g/mol. The van der Waals surface area contributed by atoms with Crippen LogP contribution in [-0.4, -0.2) is 63.7 Å². The van der Waals surface area contributed by atoms with Crippen molar-refractivity contribution in [2.45, 2.75) is 13.3 Å². The van der Waals surface area contributed by atoms with Gasteiger partial charge in [-0.25, -0.2) is 4.98 Å². The topological polar surface area (TPSA) is 101 Å². The molecule has 132 valence electrons. The number of amides is 2. The summed E-state index contributed by atoms with van der Waals surface area (Å²) in [5.74, 6) is -0.707. The molecule has 0 aliphatic carbocycles. The zero-order valence-electron chi connectivity index (χ0n) is 14.1. The Kier molecular flexibility index (Phi) is 4.80. The molecule has 1 aliphatic rings. The lowest BCUT2D eigenvalue weighted by Gasteiger charge is -2.21. The predicted octanol–water partition coefficient (Wildman–Crippen LogP) is -0.364. The van der Waals surface area contributed by atoms with Gasteiger partial charge in [0.1, 0.15) is 11.2 Å². The molecule has 0 bridgehead atoms. The molecule has 0 atom stereocenters. The van der Waals surface area contributed by atoms with E-state index in [1.54, 1.807) is 17.2 Å². The zero-order chi connectivity index (χ0) is 18.0. The first-order valence-corrected chi connectivity index (χ1v) is 8.23. The lowest BCUT2D eigenvalue weighted by Crippen LogP contribution is -2.40. The fourth-order valence-electron chi connectivity index (χ4n) is 3.05. The number of rotatable bonds is 3. The highest BCUT2D eigenvalue weighted by Gasteiger charge is 2.23. The van der Waals surface area contributed by atoms with Crippen molar-refractivity contribution < 1.29 is 9.59 Å². The maximum atomic E-state index is 12.8. The van der Waals surface area contributed by atoms with E-state index in [9.17, 15) is 14.4 Å². The maximum absolute atomic E-state index is 12.8. The average Bonchev–Trinajstić information content (AvgIpc) is 2.80. The van der Waals surface area contributed by atoms with Gasteiger partial charge in [0.25, 0.3) is 11.5 Å². The molecule has 1 fully saturated rings. The number of hydrogen-bond donors (Lipinski definition) is 1. The molecule has 2 aromatic rings. The molecule has 0 saturated carbocycles. The molecule has 3 rings (SSSR count). The minimum atomic E-state index is -0.382. The minimum absolute atomic E-state index is 0.0615. The fraction of sp³-hybridized carbons (Fsp3) is 0.412. The van der Waals surface area contributed by atoms with Crippen LogP contribution in [0.4, 0.5) is 0 Å². The first kappa shape index (κ1) is 17.1. The van der Waals surface area contributed by atoms with E-state index in [0.29, 0.717) is 31.8 Å². The van der Waals surface area contributed by atoms with Crippen LogP contribution in [0.3, 0.4) is 0 Å². The van der Waals surface area contributed by atoms with Gasteiger partial charge in [-0.3, -0.25) is 23.7 Å². The van der Waals surface area contributed by atoms with Gasteiger partial charge in [-0.15, -0.1) is 0 Å². The number of nitrogens with two attached hydrogens (primary N) is 1. The number of carbonyl (C=O) groups is 2. The predicted molar refractivity (Wildman–Crippen MR) is 92.4 cm³/mol. The largest absolute Gasteiger partial charge is 0.369 e. The van der Waals surface area contributed by atoms with Gasteiger partial charge in [-0.05, 0) is 25.0 Å². The molecule has 25 heavy (non-hydrogen) atoms. The highest BCUT2D eigenvalue weighted by Crippen LogP contribution is 2.08. The van der Waals surface area contributed by atoms with E-state index in [0.717, 1.165) is 12.0 Å². The summed E-state index contributed by atoms with van der Waals surface area (Å²) < 4.78 is 1.40. The Labute approximate surface area is 144 Å². The second-order valence-electron chi connectivity index (χ2n) is 6.30. The summed E-state index contributed by atoms with van der Waals surface area (Å²) in [5, 5.41) is 0. The Bertz CT molecular complexity index is 876. The van der Waals surface area contributed by atoms with Crippen molar-refractivity contribution in [1.29, 1.82) is 0 Å². The van der Waals surface area contributed by atoms with Gasteiger partial charge in [-0.2, -0.15) is 0 Å². The van der Waals surface area contributed by atoms with Crippen LogP contribution in [0.1, 0.15) is 22.3 Å². The van der Waals surface area contributed by atoms with Gasteiger partial charge < -0.3 is 10.6 Å². The first-order valence-electron chi connectivity index (χ1n) is 8.23. The summed E-state index contributed by atoms with van der Waals surface area (Å²) in [6, 6.07) is 3.62. The van der Waals surface area contributed by atoms with Crippen LogP contribution in [0.2, 0.25) is 0 Å². The molecule has 0 unspecified atom stereocenters. The van der Waals surface area contributed by atoms with E-state index in [2.05, 4.69) is 4.98 Å². The molecule has 0 aromatic carbocycles. The minimum Gasteiger partial charge on any atom is -0.369 e. The van der Waals surface area contributed by atoms with E-state index in [4.69, 9.17) is 5.73 Å². The fourth-order valence-corrected chi connectivity index (χ4v) is 3.05. The van der Waals surface area contributed by atoms with E-state index in [1.807, 2.05) is 17.9 Å². The highest BCUT2D eigenvalue weighted by atomic mass is 16.2. The quantitative estimate of drug-likeness (QED) is 0.820. The van der Waals surface area contributed by atoms with Crippen LogP contribution < -0.4 is 11.3 Å². The standard InChI is InChI=1S/C17H21N5O3/c1-12-3-4-15-19-9-13(17(25)22(15)10-12)16(24)21-6-2-5-20(7-8-21)11-14(18)23/h3-4,9-10H,2,5-8,11H2,1H3,(H2,18,23). The summed E-state index contributed by atoms with van der Waals surface area (Å²) in [6.45, 7) is 4.28. The van der Waals surface area contributed by atoms with Crippen molar-refractivity contribution in [3.63, 3.8) is 0 Å². The SMILES string of the molecule is Cc1ccc2ncc(C(=O)N3CCCN(CC(N)=O)CC3)c(=O)n2c1. The third-order valence-electron chi connectivity index (χ3n) is 4.34. The van der Waals surface area contributed by atoms with Crippen LogP contribution >= 0.6 is 0 Å². The normalized spacial score (nSPS) is 16.0. The highest BCUT2D eigenvalue weighted by molar-refractivity contribution is 5.93. The number of carbonyl (C=O) groups excluding carboxylic acids is 2. The van der Waals surface area contributed by atoms with E-state index in [1.165, 1.54) is 10.6 Å². The van der Waals surface area contributed by atoms with E-state index < -0.39 is 0 Å². The molecule has 2 amide bonds. The number of hydrogen-bond acceptors (Lipinski definition) is 5. The Morgan fingerprint density at radius 1 is 1.20 bits per heavy atom. The number of aryl methyl sites for hydroxylation is 1. The summed E-state index contributed by atoms with van der Waals surface area (Å²) in [5.41, 5.74) is 6.35. The number of aromatic nitrogens is 2. The monoisotopic (exact) mass is 343 g/mol. The van der Waals surface area contributed by atoms with Crippen molar-refractivity contribution in [3.05, 3.63) is 46.0 Å². The van der Waals surface area contributed by atoms with Crippen molar-refractivity contribution >= 4 is 17.5 Å². The maximum Gasteiger partial charge on any atom is 0.270 e. The second kappa shape index (κ2) is 7.02. The summed E-state index contributed by atoms with van der Waals surface area (Å²) in [4.78, 5) is 44.3. The first-order chi connectivity index (χ1) is 12.0. The Morgan fingerprint density at radius 3 is 2.76 bits per heavy atom. The molecule has 2 N–H and O–H groups in total. The molecular formula is C17H21N5O3. The summed E-state index contributed by atoms with van der Waals surface area (Å²) in [7, 11) is 0. The Hall–Kier alpha value is -2.74. The Balaban J connectivity index is 1.83. The lowest BCUT2D eigenvalue weighted by atomic mass is 10.2. The van der Waals surface area contributed by atoms with Crippen molar-refractivity contribution in [2.24, 2.45) is 5.73 Å². The number of pyridine rings is 1. The van der Waals surface area contributed by atoms with Crippen molar-refractivity contribution in [2.75, 3.05) is 32.7 Å². The molecule has 3 heterocycles. The molecule has 0 spiro atoms. The van der Waals surface area contributed by atoms with Gasteiger partial charge in [-0.1, -0.05) is 6.07 Å². The van der Waals surface area contributed by atoms with Gasteiger partial charge in [0.05, 0.1) is 6.54 Å². The van der Waals surface area contributed by atoms with E-state index in [-0.39, 0.29) is 29.5 Å². The van der Waals surface area contributed by atoms with Gasteiger partial charge in [0, 0.05) is 38.6 Å². The molecule has 8 nitrogen and oxygen atoms in total. The van der Waals surface area contributed by atoms with Gasteiger partial charge >= 0.3 is 0 Å². The molecule has 0 radical (unpaired) electrons. The summed E-state index contributed by atoms with van der Waals surface area (Å²) >= 11 is 0. The molecule has 1 aliphatic heterocycles. The smallest absolute Gasteiger partial charge is 0.270 e. The van der Waals surface area contributed by atoms with Crippen molar-refractivity contribution in [1.82, 2.24) is 19.2 Å². The molecule has 8 heteroatoms. The van der Waals surface area contributed by atoms with Crippen LogP contribution in [0.5, 0.6) is 0 Å². The number of nitrogens with zero attached hydrogens (tertiary/aromatic N) is 4. The number of fused-ring (bicyclic) bond motifs is 1. The zero-order valence-corrected chi connectivity index (χ0v) is 14.1. The number of primary amides is 1. The molecule has 1 saturated heterocycles. The lowest BCUT2D eigenvalue weighted by molar-refractivity contribution is -0.119. The van der Waals surface area contributed by atoms with Crippen molar-refractivity contribution in [3.8, 4) is 0 Å². The third kappa shape index (κ3) is 3.69. The third-order valence-corrected chi connectivity index (χ3v) is 4.34. The second-order valence-corrected chi connectivity index (χ2v) is 6.30. The summed E-state index contributed by atoms with van der Waals surface area (Å²) in [6.07, 6.45) is 3.75. The van der Waals surface area contributed by atoms with Crippen LogP contribution in [-0.2, 0) is 4.79 Å².